The third-order valence-corrected chi connectivity index (χ3v) is 9.49. The minimum Gasteiger partial charge on any atom is -0.459 e. The number of carbonyl (C=O) groups excluding carboxylic acids is 6. The van der Waals surface area contributed by atoms with Gasteiger partial charge in [-0.25, -0.2) is 19.4 Å². The highest BCUT2D eigenvalue weighted by molar-refractivity contribution is 5.94. The van der Waals surface area contributed by atoms with Gasteiger partial charge >= 0.3 is 18.2 Å². The van der Waals surface area contributed by atoms with E-state index in [-0.39, 0.29) is 52.4 Å². The normalized spacial score (nSPS) is 12.1. The minimum absolute atomic E-state index is 0.0126. The fourth-order valence-corrected chi connectivity index (χ4v) is 6.11. The topological polar surface area (TPSA) is 228 Å². The number of ether oxygens (including phenoxy) is 4. The number of nitrogens with zero attached hydrogens (tertiary/aromatic N) is 1. The Balaban J connectivity index is 1.22. The number of carbonyl (C=O) groups is 6. The second-order valence-electron chi connectivity index (χ2n) is 14.5. The Morgan fingerprint density at radius 1 is 0.547 bits per heavy atom. The van der Waals surface area contributed by atoms with Gasteiger partial charge in [0, 0.05) is 24.9 Å². The summed E-state index contributed by atoms with van der Waals surface area (Å²) in [6.45, 7) is -0.409. The van der Waals surface area contributed by atoms with E-state index in [1.54, 1.807) is 36.4 Å². The molecule has 0 aliphatic heterocycles. The predicted octanol–water partition coefficient (Wildman–Crippen LogP) is 4.39. The molecule has 17 nitrogen and oxygen atoms in total. The van der Waals surface area contributed by atoms with Gasteiger partial charge in [0.05, 0.1) is 19.5 Å². The minimum atomic E-state index is -1.33. The Bertz CT molecular complexity index is 2180. The maximum atomic E-state index is 14.1. The van der Waals surface area contributed by atoms with E-state index in [1.165, 1.54) is 12.5 Å². The number of imidazole rings is 1. The summed E-state index contributed by atoms with van der Waals surface area (Å²) in [6, 6.07) is 32.7. The van der Waals surface area contributed by atoms with E-state index in [9.17, 15) is 28.8 Å². The lowest BCUT2D eigenvalue weighted by Gasteiger charge is -2.25. The summed E-state index contributed by atoms with van der Waals surface area (Å²) in [5.74, 6) is -2.92. The van der Waals surface area contributed by atoms with Crippen LogP contribution in [0.4, 0.5) is 9.59 Å². The number of aromatic amines is 1. The lowest BCUT2D eigenvalue weighted by atomic mass is 10.1. The van der Waals surface area contributed by atoms with E-state index < -0.39 is 60.5 Å². The van der Waals surface area contributed by atoms with E-state index in [0.29, 0.717) is 18.5 Å². The molecule has 336 valence electrons. The monoisotopic (exact) mass is 875 g/mol. The Morgan fingerprint density at radius 2 is 1.05 bits per heavy atom. The van der Waals surface area contributed by atoms with Gasteiger partial charge in [-0.1, -0.05) is 121 Å². The molecule has 0 radical (unpaired) electrons. The fraction of sp³-hybridized carbons (Fsp3) is 0.298. The van der Waals surface area contributed by atoms with Crippen LogP contribution in [-0.2, 0) is 71.0 Å². The van der Waals surface area contributed by atoms with Crippen LogP contribution in [0.1, 0.15) is 47.2 Å². The molecule has 4 aromatic carbocycles. The first kappa shape index (κ1) is 47.5. The quantitative estimate of drug-likeness (QED) is 0.0274. The second-order valence-corrected chi connectivity index (χ2v) is 14.5. The zero-order valence-electron chi connectivity index (χ0n) is 35.2. The van der Waals surface area contributed by atoms with E-state index >= 15 is 0 Å². The van der Waals surface area contributed by atoms with E-state index in [4.69, 9.17) is 18.9 Å². The number of hydrogen-bond donors (Lipinski definition) is 6. The number of hydrogen-bond acceptors (Lipinski definition) is 11. The molecule has 5 aromatic rings. The van der Waals surface area contributed by atoms with Gasteiger partial charge in [-0.2, -0.15) is 0 Å². The SMILES string of the molecule is O=C(CNC(=O)OCc1ccccc1)N[C@@H](COCc1ccccc1)C(=O)N[C@@H](Cc1cnc[nH]1)C(=O)N[C@@H](CCCCNC(=O)OCc1ccccc1)C(=O)OCc1ccccc1. The van der Waals surface area contributed by atoms with Crippen LogP contribution in [0.25, 0.3) is 0 Å². The van der Waals surface area contributed by atoms with Crippen LogP contribution in [0.15, 0.2) is 134 Å². The highest BCUT2D eigenvalue weighted by Gasteiger charge is 2.31. The molecule has 0 fully saturated rings. The van der Waals surface area contributed by atoms with E-state index in [2.05, 4.69) is 36.6 Å². The summed E-state index contributed by atoms with van der Waals surface area (Å²) in [5, 5.41) is 13.1. The largest absolute Gasteiger partial charge is 0.459 e. The van der Waals surface area contributed by atoms with Crippen LogP contribution >= 0.6 is 0 Å². The summed E-state index contributed by atoms with van der Waals surface area (Å²) in [7, 11) is 0. The molecule has 64 heavy (non-hydrogen) atoms. The van der Waals surface area contributed by atoms with Gasteiger partial charge in [0.1, 0.15) is 44.5 Å². The molecule has 0 aliphatic rings. The molecule has 0 unspecified atom stereocenters. The summed E-state index contributed by atoms with van der Waals surface area (Å²) < 4.78 is 21.9. The van der Waals surface area contributed by atoms with E-state index in [0.717, 1.165) is 22.3 Å². The van der Waals surface area contributed by atoms with Crippen molar-refractivity contribution >= 4 is 35.9 Å². The van der Waals surface area contributed by atoms with E-state index in [1.807, 2.05) is 84.9 Å². The van der Waals surface area contributed by atoms with Gasteiger partial charge in [-0.3, -0.25) is 14.4 Å². The number of nitrogens with one attached hydrogen (secondary N) is 6. The van der Waals surface area contributed by atoms with Crippen LogP contribution < -0.4 is 26.6 Å². The number of benzene rings is 4. The van der Waals surface area contributed by atoms with Gasteiger partial charge in [-0.05, 0) is 41.5 Å². The average molecular weight is 876 g/mol. The lowest BCUT2D eigenvalue weighted by molar-refractivity contribution is -0.149. The summed E-state index contributed by atoms with van der Waals surface area (Å²) >= 11 is 0. The van der Waals surface area contributed by atoms with Crippen molar-refractivity contribution in [1.29, 1.82) is 0 Å². The molecule has 5 amide bonds. The Morgan fingerprint density at radius 3 is 1.59 bits per heavy atom. The maximum absolute atomic E-state index is 14.1. The van der Waals surface area contributed by atoms with Crippen molar-refractivity contribution in [2.24, 2.45) is 0 Å². The molecule has 6 N–H and O–H groups in total. The summed E-state index contributed by atoms with van der Waals surface area (Å²) in [6.07, 6.45) is 2.37. The standard InChI is InChI=1S/C47H53N7O10/c55-42(27-50-47(60)64-31-37-21-11-4-12-22-37)52-41(32-61-28-34-15-5-1-6-16-34)44(57)54-40(25-38-26-48-33-51-38)43(56)53-39(45(58)62-29-35-17-7-2-8-18-35)23-13-14-24-49-46(59)63-30-36-19-9-3-10-20-36/h1-12,15-22,26,33,39-41H,13-14,23-25,27-32H2,(H,48,51)(H,49,59)(H,50,60)(H,52,55)(H,53,56)(H,54,57)/t39-,40-,41-/m0/s1. The number of aromatic nitrogens is 2. The van der Waals surface area contributed by atoms with Gasteiger partial charge in [-0.15, -0.1) is 0 Å². The first-order valence-corrected chi connectivity index (χ1v) is 20.8. The molecule has 5 rings (SSSR count). The molecule has 0 aliphatic carbocycles. The van der Waals surface area contributed by atoms with Crippen LogP contribution in [0.2, 0.25) is 0 Å². The van der Waals surface area contributed by atoms with Crippen LogP contribution in [0.5, 0.6) is 0 Å². The molecule has 0 saturated heterocycles. The maximum Gasteiger partial charge on any atom is 0.407 e. The summed E-state index contributed by atoms with van der Waals surface area (Å²) in [4.78, 5) is 86.4. The third kappa shape index (κ3) is 17.8. The average Bonchev–Trinajstić information content (AvgIpc) is 3.84. The van der Waals surface area contributed by atoms with Crippen molar-refractivity contribution in [3.63, 3.8) is 0 Å². The Hall–Kier alpha value is -7.53. The second kappa shape index (κ2) is 26.7. The number of amides is 5. The smallest absolute Gasteiger partial charge is 0.407 e. The first-order chi connectivity index (χ1) is 31.2. The molecule has 1 aromatic heterocycles. The molecule has 3 atom stereocenters. The van der Waals surface area contributed by atoms with Crippen molar-refractivity contribution in [3.8, 4) is 0 Å². The van der Waals surface area contributed by atoms with Gasteiger partial charge in [0.15, 0.2) is 0 Å². The van der Waals surface area contributed by atoms with Gasteiger partial charge < -0.3 is 50.5 Å². The number of alkyl carbamates (subject to hydrolysis) is 2. The van der Waals surface area contributed by atoms with Crippen molar-refractivity contribution < 1.29 is 47.7 Å². The van der Waals surface area contributed by atoms with Crippen LogP contribution in [-0.4, -0.2) is 83.7 Å². The molecule has 0 bridgehead atoms. The van der Waals surface area contributed by atoms with Crippen molar-refractivity contribution in [3.05, 3.63) is 162 Å². The zero-order valence-corrected chi connectivity index (χ0v) is 35.2. The number of H-pyrrole nitrogens is 1. The van der Waals surface area contributed by atoms with Gasteiger partial charge in [0.2, 0.25) is 17.7 Å². The Labute approximate surface area is 371 Å². The Kier molecular flexibility index (Phi) is 19.8. The van der Waals surface area contributed by atoms with Gasteiger partial charge in [0.25, 0.3) is 0 Å². The predicted molar refractivity (Wildman–Crippen MR) is 234 cm³/mol. The molecule has 0 saturated carbocycles. The molecule has 17 heteroatoms. The summed E-state index contributed by atoms with van der Waals surface area (Å²) in [5.41, 5.74) is 3.65. The molecular weight excluding hydrogens is 823 g/mol. The third-order valence-electron chi connectivity index (χ3n) is 9.49. The highest BCUT2D eigenvalue weighted by Crippen LogP contribution is 2.10. The van der Waals surface area contributed by atoms with Crippen molar-refractivity contribution in [2.75, 3.05) is 19.7 Å². The number of rotatable bonds is 25. The van der Waals surface area contributed by atoms with Crippen LogP contribution in [0.3, 0.4) is 0 Å². The lowest BCUT2D eigenvalue weighted by Crippen LogP contribution is -2.58. The van der Waals surface area contributed by atoms with Crippen molar-refractivity contribution in [1.82, 2.24) is 36.6 Å². The highest BCUT2D eigenvalue weighted by atomic mass is 16.6. The van der Waals surface area contributed by atoms with Crippen LogP contribution in [0, 0.1) is 0 Å². The molecule has 1 heterocycles. The van der Waals surface area contributed by atoms with Crippen molar-refractivity contribution in [2.45, 2.75) is 70.2 Å². The first-order valence-electron chi connectivity index (χ1n) is 20.8. The molecular formula is C47H53N7O10. The molecule has 0 spiro atoms. The zero-order chi connectivity index (χ0) is 45.2. The fourth-order valence-electron chi connectivity index (χ4n) is 6.11. The number of unbranched alkanes of at least 4 members (excludes halogenated alkanes) is 1. The number of esters is 1.